The predicted octanol–water partition coefficient (Wildman–Crippen LogP) is 1.09. The van der Waals surface area contributed by atoms with E-state index in [1.807, 2.05) is 0 Å². The van der Waals surface area contributed by atoms with E-state index in [2.05, 4.69) is 5.10 Å². The number of carboxylic acid groups (broad SMARTS) is 1. The summed E-state index contributed by atoms with van der Waals surface area (Å²) in [6.07, 6.45) is 0.820. The van der Waals surface area contributed by atoms with Gasteiger partial charge in [0.2, 0.25) is 0 Å². The zero-order chi connectivity index (χ0) is 10.3. The summed E-state index contributed by atoms with van der Waals surface area (Å²) in [5.41, 5.74) is 0.319. The first-order valence-corrected chi connectivity index (χ1v) is 4.13. The van der Waals surface area contributed by atoms with Crippen LogP contribution in [0.3, 0.4) is 0 Å². The average Bonchev–Trinajstić information content (AvgIpc) is 2.51. The molecule has 1 aromatic rings. The Morgan fingerprint density at radius 2 is 2.43 bits per heavy atom. The third kappa shape index (κ3) is 1.47. The van der Waals surface area contributed by atoms with Gasteiger partial charge in [-0.15, -0.1) is 0 Å². The van der Waals surface area contributed by atoms with E-state index in [1.54, 1.807) is 0 Å². The molecule has 1 unspecified atom stereocenters. The molecule has 1 N–H and O–H groups in total. The summed E-state index contributed by atoms with van der Waals surface area (Å²) < 4.78 is 26.4. The number of halogens is 2. The van der Waals surface area contributed by atoms with Crippen LogP contribution in [0.15, 0.2) is 12.3 Å². The second kappa shape index (κ2) is 2.76. The highest BCUT2D eigenvalue weighted by molar-refractivity contribution is 5.69. The largest absolute Gasteiger partial charge is 0.481 e. The fraction of sp³-hybridized carbons (Fsp3) is 0.500. The van der Waals surface area contributed by atoms with E-state index >= 15 is 0 Å². The first kappa shape index (κ1) is 9.11. The molecule has 1 fully saturated rings. The van der Waals surface area contributed by atoms with Crippen LogP contribution >= 0.6 is 0 Å². The second-order valence-corrected chi connectivity index (χ2v) is 3.32. The first-order chi connectivity index (χ1) is 6.50. The summed E-state index contributed by atoms with van der Waals surface area (Å²) in [6, 6.07) is 0.495. The number of aromatic nitrogens is 2. The lowest BCUT2D eigenvalue weighted by atomic mass is 10.3. The minimum atomic E-state index is -2.72. The molecule has 1 aliphatic carbocycles. The maximum absolute atomic E-state index is 12.7. The van der Waals surface area contributed by atoms with Crippen LogP contribution in [-0.2, 0) is 11.2 Å². The summed E-state index contributed by atoms with van der Waals surface area (Å²) >= 11 is 0. The quantitative estimate of drug-likeness (QED) is 0.798. The third-order valence-corrected chi connectivity index (χ3v) is 2.17. The Labute approximate surface area is 78.1 Å². The van der Waals surface area contributed by atoms with Crippen LogP contribution in [0.25, 0.3) is 0 Å². The van der Waals surface area contributed by atoms with Gasteiger partial charge in [-0.3, -0.25) is 9.48 Å². The highest BCUT2D eigenvalue weighted by Crippen LogP contribution is 2.52. The molecule has 0 amide bonds. The summed E-state index contributed by atoms with van der Waals surface area (Å²) in [4.78, 5) is 10.4. The van der Waals surface area contributed by atoms with Crippen molar-refractivity contribution < 1.29 is 18.7 Å². The topological polar surface area (TPSA) is 55.1 Å². The number of hydrogen-bond acceptors (Lipinski definition) is 2. The molecule has 76 valence electrons. The van der Waals surface area contributed by atoms with Crippen molar-refractivity contribution in [2.45, 2.75) is 24.8 Å². The lowest BCUT2D eigenvalue weighted by Crippen LogP contribution is -2.11. The van der Waals surface area contributed by atoms with Crippen LogP contribution in [0.4, 0.5) is 8.78 Å². The number of carboxylic acids is 1. The number of nitrogens with zero attached hydrogens (tertiary/aromatic N) is 2. The highest BCUT2D eigenvalue weighted by Gasteiger charge is 2.59. The van der Waals surface area contributed by atoms with Crippen molar-refractivity contribution in [1.29, 1.82) is 0 Å². The van der Waals surface area contributed by atoms with E-state index in [1.165, 1.54) is 12.3 Å². The molecule has 1 heterocycles. The van der Waals surface area contributed by atoms with Crippen LogP contribution in [-0.4, -0.2) is 26.8 Å². The lowest BCUT2D eigenvalue weighted by Gasteiger charge is -2.03. The molecule has 4 nitrogen and oxygen atoms in total. The summed E-state index contributed by atoms with van der Waals surface area (Å²) in [5, 5.41) is 12.2. The van der Waals surface area contributed by atoms with Gasteiger partial charge in [-0.05, 0) is 6.07 Å². The zero-order valence-corrected chi connectivity index (χ0v) is 7.15. The second-order valence-electron chi connectivity index (χ2n) is 3.32. The summed E-state index contributed by atoms with van der Waals surface area (Å²) in [5.74, 6) is -3.77. The number of rotatable bonds is 3. The molecular formula is C8H8F2N2O2. The fourth-order valence-corrected chi connectivity index (χ4v) is 1.38. The van der Waals surface area contributed by atoms with Crippen molar-refractivity contribution in [3.63, 3.8) is 0 Å². The highest BCUT2D eigenvalue weighted by atomic mass is 19.3. The van der Waals surface area contributed by atoms with Crippen molar-refractivity contribution in [2.75, 3.05) is 0 Å². The van der Waals surface area contributed by atoms with Gasteiger partial charge in [0.1, 0.15) is 6.04 Å². The maximum Gasteiger partial charge on any atom is 0.309 e. The monoisotopic (exact) mass is 202 g/mol. The van der Waals surface area contributed by atoms with Crippen LogP contribution in [0.2, 0.25) is 0 Å². The molecule has 1 atom stereocenters. The molecule has 0 spiro atoms. The summed E-state index contributed by atoms with van der Waals surface area (Å²) in [7, 11) is 0. The van der Waals surface area contributed by atoms with Gasteiger partial charge in [-0.1, -0.05) is 0 Å². The van der Waals surface area contributed by atoms with Gasteiger partial charge in [-0.2, -0.15) is 5.10 Å². The average molecular weight is 202 g/mol. The molecule has 1 aliphatic rings. The molecule has 14 heavy (non-hydrogen) atoms. The van der Waals surface area contributed by atoms with Crippen LogP contribution in [0.1, 0.15) is 18.2 Å². The first-order valence-electron chi connectivity index (χ1n) is 4.13. The van der Waals surface area contributed by atoms with Gasteiger partial charge in [0.15, 0.2) is 0 Å². The SMILES string of the molecule is O=C(O)Cc1ccnn1C1CC1(F)F. The Kier molecular flexibility index (Phi) is 1.80. The number of carbonyl (C=O) groups is 1. The molecule has 0 aromatic carbocycles. The van der Waals surface area contributed by atoms with E-state index in [0.29, 0.717) is 5.69 Å². The zero-order valence-electron chi connectivity index (χ0n) is 7.15. The Morgan fingerprint density at radius 3 is 2.93 bits per heavy atom. The van der Waals surface area contributed by atoms with E-state index in [4.69, 9.17) is 5.11 Å². The van der Waals surface area contributed by atoms with Crippen molar-refractivity contribution in [3.8, 4) is 0 Å². The predicted molar refractivity (Wildman–Crippen MR) is 42.2 cm³/mol. The molecule has 0 aliphatic heterocycles. The molecule has 0 bridgehead atoms. The van der Waals surface area contributed by atoms with E-state index < -0.39 is 17.9 Å². The molecule has 1 saturated carbocycles. The Balaban J connectivity index is 2.19. The number of alkyl halides is 2. The smallest absolute Gasteiger partial charge is 0.309 e. The van der Waals surface area contributed by atoms with E-state index in [9.17, 15) is 13.6 Å². The minimum Gasteiger partial charge on any atom is -0.481 e. The van der Waals surface area contributed by atoms with Gasteiger partial charge in [0.05, 0.1) is 12.1 Å². The molecule has 2 rings (SSSR count). The molecular weight excluding hydrogens is 194 g/mol. The Bertz CT molecular complexity index is 375. The molecule has 0 radical (unpaired) electrons. The van der Waals surface area contributed by atoms with E-state index in [0.717, 1.165) is 4.68 Å². The molecule has 6 heteroatoms. The maximum atomic E-state index is 12.7. The third-order valence-electron chi connectivity index (χ3n) is 2.17. The van der Waals surface area contributed by atoms with Gasteiger partial charge in [0, 0.05) is 12.6 Å². The number of aliphatic carboxylic acids is 1. The van der Waals surface area contributed by atoms with Crippen LogP contribution in [0, 0.1) is 0 Å². The lowest BCUT2D eigenvalue weighted by molar-refractivity contribution is -0.136. The summed E-state index contributed by atoms with van der Waals surface area (Å²) in [6.45, 7) is 0. The van der Waals surface area contributed by atoms with Crippen molar-refractivity contribution in [1.82, 2.24) is 9.78 Å². The van der Waals surface area contributed by atoms with Gasteiger partial charge in [-0.25, -0.2) is 8.78 Å². The van der Waals surface area contributed by atoms with Gasteiger partial charge >= 0.3 is 5.97 Å². The molecule has 0 saturated heterocycles. The fourth-order valence-electron chi connectivity index (χ4n) is 1.38. The van der Waals surface area contributed by atoms with Crippen molar-refractivity contribution in [2.24, 2.45) is 0 Å². The van der Waals surface area contributed by atoms with Crippen molar-refractivity contribution >= 4 is 5.97 Å². The van der Waals surface area contributed by atoms with E-state index in [-0.39, 0.29) is 12.8 Å². The van der Waals surface area contributed by atoms with Crippen molar-refractivity contribution in [3.05, 3.63) is 18.0 Å². The van der Waals surface area contributed by atoms with Crippen LogP contribution in [0.5, 0.6) is 0 Å². The minimum absolute atomic E-state index is 0.249. The van der Waals surface area contributed by atoms with Crippen LogP contribution < -0.4 is 0 Å². The standard InChI is InChI=1S/C8H8F2N2O2/c9-8(10)4-6(8)12-5(1-2-11-12)3-7(13)14/h1-2,6H,3-4H2,(H,13,14). The van der Waals surface area contributed by atoms with Gasteiger partial charge in [0.25, 0.3) is 5.92 Å². The Morgan fingerprint density at radius 1 is 1.79 bits per heavy atom. The molecule has 1 aromatic heterocycles. The number of hydrogen-bond donors (Lipinski definition) is 1. The normalized spacial score (nSPS) is 23.4. The Hall–Kier alpha value is -1.46. The van der Waals surface area contributed by atoms with Gasteiger partial charge < -0.3 is 5.11 Å².